The second-order valence-electron chi connectivity index (χ2n) is 5.35. The number of carbonyl (C=O) groups excluding carboxylic acids is 1. The van der Waals surface area contributed by atoms with Gasteiger partial charge in [0.15, 0.2) is 6.61 Å². The molecular formula is C18H17N3O2S. The minimum absolute atomic E-state index is 0.0670. The zero-order valence-corrected chi connectivity index (χ0v) is 14.3. The summed E-state index contributed by atoms with van der Waals surface area (Å²) >= 11 is 1.33. The molecule has 0 atom stereocenters. The third kappa shape index (κ3) is 4.17. The van der Waals surface area contributed by atoms with Crippen LogP contribution in [0.2, 0.25) is 0 Å². The van der Waals surface area contributed by atoms with E-state index >= 15 is 0 Å². The lowest BCUT2D eigenvalue weighted by molar-refractivity contribution is -0.118. The number of carbonyl (C=O) groups is 1. The van der Waals surface area contributed by atoms with Crippen molar-refractivity contribution in [3.63, 3.8) is 0 Å². The highest BCUT2D eigenvalue weighted by molar-refractivity contribution is 7.15. The standard InChI is InChI=1S/C18H17N3O2S/c1-12-3-5-14(6-4-12)15-7-9-16(10-8-15)23-11-17(22)19-18-21-20-13(2)24-18/h3-10H,11H2,1-2H3,(H,19,21,22). The first-order chi connectivity index (χ1) is 11.6. The SMILES string of the molecule is Cc1ccc(-c2ccc(OCC(=O)Nc3nnc(C)s3)cc2)cc1. The van der Waals surface area contributed by atoms with Gasteiger partial charge in [0.25, 0.3) is 5.91 Å². The van der Waals surface area contributed by atoms with E-state index in [0.29, 0.717) is 10.9 Å². The molecule has 1 N–H and O–H groups in total. The minimum Gasteiger partial charge on any atom is -0.484 e. The molecule has 0 saturated heterocycles. The average molecular weight is 339 g/mol. The van der Waals surface area contributed by atoms with Crippen LogP contribution in [0.1, 0.15) is 10.6 Å². The van der Waals surface area contributed by atoms with Crippen molar-refractivity contribution in [1.82, 2.24) is 10.2 Å². The van der Waals surface area contributed by atoms with Crippen LogP contribution in [0.25, 0.3) is 11.1 Å². The molecule has 0 unspecified atom stereocenters. The number of hydrogen-bond acceptors (Lipinski definition) is 5. The number of aromatic nitrogens is 2. The highest BCUT2D eigenvalue weighted by atomic mass is 32.1. The quantitative estimate of drug-likeness (QED) is 0.767. The van der Waals surface area contributed by atoms with Gasteiger partial charge in [-0.25, -0.2) is 0 Å². The Bertz CT molecular complexity index is 826. The summed E-state index contributed by atoms with van der Waals surface area (Å²) in [6.07, 6.45) is 0. The monoisotopic (exact) mass is 339 g/mol. The van der Waals surface area contributed by atoms with Gasteiger partial charge in [-0.3, -0.25) is 10.1 Å². The Morgan fingerprint density at radius 1 is 1.00 bits per heavy atom. The van der Waals surface area contributed by atoms with Crippen molar-refractivity contribution in [3.8, 4) is 16.9 Å². The molecule has 1 heterocycles. The summed E-state index contributed by atoms with van der Waals surface area (Å²) in [5, 5.41) is 11.6. The molecule has 0 radical (unpaired) electrons. The van der Waals surface area contributed by atoms with E-state index in [2.05, 4.69) is 46.7 Å². The van der Waals surface area contributed by atoms with Crippen LogP contribution in [-0.2, 0) is 4.79 Å². The predicted molar refractivity (Wildman–Crippen MR) is 95.4 cm³/mol. The second kappa shape index (κ2) is 7.23. The van der Waals surface area contributed by atoms with E-state index in [-0.39, 0.29) is 12.5 Å². The van der Waals surface area contributed by atoms with Crippen LogP contribution in [0.3, 0.4) is 0 Å². The number of nitrogens with zero attached hydrogens (tertiary/aromatic N) is 2. The van der Waals surface area contributed by atoms with Crippen molar-refractivity contribution >= 4 is 22.4 Å². The maximum absolute atomic E-state index is 11.8. The molecule has 3 rings (SSSR count). The molecule has 1 amide bonds. The first-order valence-electron chi connectivity index (χ1n) is 7.50. The lowest BCUT2D eigenvalue weighted by Crippen LogP contribution is -2.20. The Morgan fingerprint density at radius 3 is 2.21 bits per heavy atom. The summed E-state index contributed by atoms with van der Waals surface area (Å²) < 4.78 is 5.50. The smallest absolute Gasteiger partial charge is 0.264 e. The van der Waals surface area contributed by atoms with Gasteiger partial charge in [-0.2, -0.15) is 0 Å². The highest BCUT2D eigenvalue weighted by Gasteiger charge is 2.07. The fourth-order valence-electron chi connectivity index (χ4n) is 2.14. The molecule has 1 aromatic heterocycles. The fourth-order valence-corrected chi connectivity index (χ4v) is 2.75. The second-order valence-corrected chi connectivity index (χ2v) is 6.54. The van der Waals surface area contributed by atoms with Crippen LogP contribution in [-0.4, -0.2) is 22.7 Å². The largest absolute Gasteiger partial charge is 0.484 e. The lowest BCUT2D eigenvalue weighted by Gasteiger charge is -2.07. The Morgan fingerprint density at radius 2 is 1.62 bits per heavy atom. The van der Waals surface area contributed by atoms with E-state index in [0.717, 1.165) is 16.1 Å². The van der Waals surface area contributed by atoms with Crippen molar-refractivity contribution in [2.24, 2.45) is 0 Å². The van der Waals surface area contributed by atoms with Gasteiger partial charge >= 0.3 is 0 Å². The Balaban J connectivity index is 1.56. The van der Waals surface area contributed by atoms with Crippen LogP contribution in [0.15, 0.2) is 48.5 Å². The highest BCUT2D eigenvalue weighted by Crippen LogP contribution is 2.22. The van der Waals surface area contributed by atoms with Crippen molar-refractivity contribution in [2.75, 3.05) is 11.9 Å². The predicted octanol–water partition coefficient (Wildman–Crippen LogP) is 3.84. The molecule has 0 aliphatic carbocycles. The topological polar surface area (TPSA) is 64.1 Å². The van der Waals surface area contributed by atoms with Crippen molar-refractivity contribution in [1.29, 1.82) is 0 Å². The van der Waals surface area contributed by atoms with Gasteiger partial charge in [-0.15, -0.1) is 10.2 Å². The molecule has 0 saturated carbocycles. The van der Waals surface area contributed by atoms with E-state index < -0.39 is 0 Å². The van der Waals surface area contributed by atoms with Crippen molar-refractivity contribution < 1.29 is 9.53 Å². The van der Waals surface area contributed by atoms with Gasteiger partial charge in [-0.05, 0) is 37.1 Å². The van der Waals surface area contributed by atoms with Crippen molar-refractivity contribution in [3.05, 3.63) is 59.1 Å². The molecular weight excluding hydrogens is 322 g/mol. The minimum atomic E-state index is -0.256. The van der Waals surface area contributed by atoms with Crippen LogP contribution >= 0.6 is 11.3 Å². The number of amides is 1. The van der Waals surface area contributed by atoms with Gasteiger partial charge in [0.2, 0.25) is 5.13 Å². The third-order valence-corrected chi connectivity index (χ3v) is 4.14. The van der Waals surface area contributed by atoms with Gasteiger partial charge in [0.05, 0.1) is 0 Å². The number of benzene rings is 2. The number of rotatable bonds is 5. The molecule has 24 heavy (non-hydrogen) atoms. The molecule has 0 spiro atoms. The van der Waals surface area contributed by atoms with E-state index in [1.54, 1.807) is 0 Å². The molecule has 5 nitrogen and oxygen atoms in total. The van der Waals surface area contributed by atoms with Crippen LogP contribution < -0.4 is 10.1 Å². The summed E-state index contributed by atoms with van der Waals surface area (Å²) in [6.45, 7) is 3.83. The van der Waals surface area contributed by atoms with Gasteiger partial charge in [-0.1, -0.05) is 53.3 Å². The van der Waals surface area contributed by atoms with Crippen LogP contribution in [0.5, 0.6) is 5.75 Å². The number of aryl methyl sites for hydroxylation is 2. The number of nitrogens with one attached hydrogen (secondary N) is 1. The Hall–Kier alpha value is -2.73. The molecule has 122 valence electrons. The van der Waals surface area contributed by atoms with Gasteiger partial charge in [0.1, 0.15) is 10.8 Å². The number of hydrogen-bond donors (Lipinski definition) is 1. The molecule has 6 heteroatoms. The normalized spacial score (nSPS) is 10.4. The molecule has 0 bridgehead atoms. The van der Waals surface area contributed by atoms with E-state index in [9.17, 15) is 4.79 Å². The molecule has 0 aliphatic heterocycles. The van der Waals surface area contributed by atoms with E-state index in [1.807, 2.05) is 31.2 Å². The number of ether oxygens (including phenoxy) is 1. The first-order valence-corrected chi connectivity index (χ1v) is 8.32. The molecule has 0 aliphatic rings. The zero-order chi connectivity index (χ0) is 16.9. The van der Waals surface area contributed by atoms with Gasteiger partial charge < -0.3 is 4.74 Å². The molecule has 2 aromatic carbocycles. The molecule has 3 aromatic rings. The van der Waals surface area contributed by atoms with Crippen LogP contribution in [0.4, 0.5) is 5.13 Å². The summed E-state index contributed by atoms with van der Waals surface area (Å²) in [6, 6.07) is 16.0. The molecule has 0 fully saturated rings. The van der Waals surface area contributed by atoms with Crippen molar-refractivity contribution in [2.45, 2.75) is 13.8 Å². The first kappa shape index (κ1) is 16.1. The lowest BCUT2D eigenvalue weighted by atomic mass is 10.0. The zero-order valence-electron chi connectivity index (χ0n) is 13.4. The summed E-state index contributed by atoms with van der Waals surface area (Å²) in [7, 11) is 0. The van der Waals surface area contributed by atoms with Crippen LogP contribution in [0, 0.1) is 13.8 Å². The Labute approximate surface area is 144 Å². The average Bonchev–Trinajstić information content (AvgIpc) is 2.99. The summed E-state index contributed by atoms with van der Waals surface area (Å²) in [5.74, 6) is 0.392. The Kier molecular flexibility index (Phi) is 4.86. The summed E-state index contributed by atoms with van der Waals surface area (Å²) in [4.78, 5) is 11.8. The van der Waals surface area contributed by atoms with Gasteiger partial charge in [0, 0.05) is 0 Å². The summed E-state index contributed by atoms with van der Waals surface area (Å²) in [5.41, 5.74) is 3.49. The number of anilines is 1. The fraction of sp³-hybridized carbons (Fsp3) is 0.167. The third-order valence-electron chi connectivity index (χ3n) is 3.38. The maximum Gasteiger partial charge on any atom is 0.264 e. The van der Waals surface area contributed by atoms with E-state index in [1.165, 1.54) is 16.9 Å². The maximum atomic E-state index is 11.8. The van der Waals surface area contributed by atoms with E-state index in [4.69, 9.17) is 4.74 Å².